The van der Waals surface area contributed by atoms with Crippen LogP contribution in [0.3, 0.4) is 0 Å². The van der Waals surface area contributed by atoms with Crippen molar-refractivity contribution in [1.29, 1.82) is 0 Å². The van der Waals surface area contributed by atoms with Gasteiger partial charge in [-0.25, -0.2) is 8.42 Å². The Morgan fingerprint density at radius 2 is 1.38 bits per heavy atom. The van der Waals surface area contributed by atoms with E-state index in [0.717, 1.165) is 15.4 Å². The normalized spacial score (nSPS) is 11.9. The lowest BCUT2D eigenvalue weighted by Crippen LogP contribution is -2.52. The highest BCUT2D eigenvalue weighted by atomic mass is 32.2. The van der Waals surface area contributed by atoms with E-state index in [9.17, 15) is 18.0 Å². The number of aryl methyl sites for hydroxylation is 1. The van der Waals surface area contributed by atoms with Crippen molar-refractivity contribution in [2.75, 3.05) is 17.4 Å². The van der Waals surface area contributed by atoms with Crippen molar-refractivity contribution in [2.24, 2.45) is 5.92 Å². The van der Waals surface area contributed by atoms with E-state index in [1.165, 1.54) is 17.0 Å². The third-order valence-electron chi connectivity index (χ3n) is 7.26. The molecule has 4 aromatic rings. The summed E-state index contributed by atoms with van der Waals surface area (Å²) in [5, 5.41) is 2.95. The molecule has 0 aliphatic heterocycles. The quantitative estimate of drug-likeness (QED) is 0.171. The number of nitrogens with one attached hydrogen (secondary N) is 1. The van der Waals surface area contributed by atoms with E-state index in [-0.39, 0.29) is 23.3 Å². The Kier molecular flexibility index (Phi) is 11.4. The van der Waals surface area contributed by atoms with Crippen LogP contribution in [0.5, 0.6) is 11.5 Å². The van der Waals surface area contributed by atoms with Crippen LogP contribution in [0.1, 0.15) is 38.3 Å². The Hall–Kier alpha value is -4.63. The zero-order chi connectivity index (χ0) is 32.4. The smallest absolute Gasteiger partial charge is 0.264 e. The molecule has 0 saturated carbocycles. The van der Waals surface area contributed by atoms with Crippen LogP contribution in [-0.2, 0) is 26.2 Å². The van der Waals surface area contributed by atoms with E-state index in [1.807, 2.05) is 82.3 Å². The number of carbonyl (C=O) groups excluding carboxylic acids is 2. The summed E-state index contributed by atoms with van der Waals surface area (Å²) in [4.78, 5) is 29.2. The largest absolute Gasteiger partial charge is 0.457 e. The SMILES string of the molecule is CC[C@@H](C(=O)NCC(C)C)N(Cc1ccc(C)cc1)C(=O)CN(c1ccc(Oc2ccccc2)cc1)S(=O)(=O)c1ccccc1. The van der Waals surface area contributed by atoms with Crippen molar-refractivity contribution in [3.63, 3.8) is 0 Å². The average molecular weight is 628 g/mol. The zero-order valence-electron chi connectivity index (χ0n) is 26.2. The Bertz CT molecular complexity index is 1640. The Morgan fingerprint density at radius 3 is 1.96 bits per heavy atom. The molecule has 0 aliphatic carbocycles. The van der Waals surface area contributed by atoms with Gasteiger partial charge in [0.25, 0.3) is 10.0 Å². The van der Waals surface area contributed by atoms with Crippen LogP contribution in [0.15, 0.2) is 114 Å². The van der Waals surface area contributed by atoms with Crippen LogP contribution in [0.2, 0.25) is 0 Å². The average Bonchev–Trinajstić information content (AvgIpc) is 3.04. The molecule has 4 rings (SSSR count). The zero-order valence-corrected chi connectivity index (χ0v) is 27.0. The third kappa shape index (κ3) is 8.95. The predicted octanol–water partition coefficient (Wildman–Crippen LogP) is 6.56. The lowest BCUT2D eigenvalue weighted by atomic mass is 10.1. The molecule has 45 heavy (non-hydrogen) atoms. The van der Waals surface area contributed by atoms with Gasteiger partial charge >= 0.3 is 0 Å². The lowest BCUT2D eigenvalue weighted by molar-refractivity contribution is -0.140. The summed E-state index contributed by atoms with van der Waals surface area (Å²) in [6.45, 7) is 7.93. The first-order valence-corrected chi connectivity index (χ1v) is 16.6. The summed E-state index contributed by atoms with van der Waals surface area (Å²) in [6.07, 6.45) is 0.360. The molecule has 0 saturated heterocycles. The molecule has 4 aromatic carbocycles. The number of anilines is 1. The first-order valence-electron chi connectivity index (χ1n) is 15.1. The summed E-state index contributed by atoms with van der Waals surface area (Å²) >= 11 is 0. The number of benzene rings is 4. The molecule has 236 valence electrons. The van der Waals surface area contributed by atoms with Gasteiger partial charge in [-0.2, -0.15) is 0 Å². The lowest BCUT2D eigenvalue weighted by Gasteiger charge is -2.33. The molecule has 0 aromatic heterocycles. The number of para-hydroxylation sites is 1. The van der Waals surface area contributed by atoms with Gasteiger partial charge in [0.05, 0.1) is 10.6 Å². The molecule has 0 fully saturated rings. The van der Waals surface area contributed by atoms with E-state index in [1.54, 1.807) is 42.5 Å². The van der Waals surface area contributed by atoms with E-state index in [0.29, 0.717) is 30.2 Å². The van der Waals surface area contributed by atoms with Crippen LogP contribution in [0, 0.1) is 12.8 Å². The molecule has 2 amide bonds. The molecular formula is C36H41N3O5S. The molecule has 0 aliphatic rings. The summed E-state index contributed by atoms with van der Waals surface area (Å²) in [7, 11) is -4.16. The molecule has 0 unspecified atom stereocenters. The Labute approximate surface area is 266 Å². The molecule has 0 bridgehead atoms. The first-order chi connectivity index (χ1) is 21.6. The van der Waals surface area contributed by atoms with Gasteiger partial charge in [-0.05, 0) is 73.4 Å². The van der Waals surface area contributed by atoms with Gasteiger partial charge in [0.1, 0.15) is 24.1 Å². The predicted molar refractivity (Wildman–Crippen MR) is 178 cm³/mol. The molecular weight excluding hydrogens is 586 g/mol. The number of hydrogen-bond donors (Lipinski definition) is 1. The Balaban J connectivity index is 1.70. The van der Waals surface area contributed by atoms with Crippen LogP contribution in [0.4, 0.5) is 5.69 Å². The second-order valence-electron chi connectivity index (χ2n) is 11.3. The molecule has 0 spiro atoms. The molecule has 8 nitrogen and oxygen atoms in total. The van der Waals surface area contributed by atoms with Gasteiger partial charge in [0.2, 0.25) is 11.8 Å². The highest BCUT2D eigenvalue weighted by Crippen LogP contribution is 2.28. The standard InChI is InChI=1S/C36H41N3O5S/c1-5-34(36(41)37-24-27(2)3)38(25-29-18-16-28(4)17-19-29)35(40)26-39(45(42,43)33-14-10-7-11-15-33)30-20-22-32(23-21-30)44-31-12-8-6-9-13-31/h6-23,27,34H,5,24-26H2,1-4H3,(H,37,41)/t34-/m0/s1. The van der Waals surface area contributed by atoms with Gasteiger partial charge in [0.15, 0.2) is 0 Å². The van der Waals surface area contributed by atoms with Crippen LogP contribution in [0.25, 0.3) is 0 Å². The number of amides is 2. The van der Waals surface area contributed by atoms with Crippen molar-refractivity contribution in [2.45, 2.75) is 51.6 Å². The fraction of sp³-hybridized carbons (Fsp3) is 0.278. The Morgan fingerprint density at radius 1 is 0.800 bits per heavy atom. The monoisotopic (exact) mass is 627 g/mol. The van der Waals surface area contributed by atoms with Gasteiger partial charge in [-0.15, -0.1) is 0 Å². The maximum absolute atomic E-state index is 14.2. The first kappa shape index (κ1) is 33.3. The van der Waals surface area contributed by atoms with Crippen molar-refractivity contribution < 1.29 is 22.7 Å². The van der Waals surface area contributed by atoms with Gasteiger partial charge in [-0.1, -0.05) is 87.0 Å². The van der Waals surface area contributed by atoms with Crippen molar-refractivity contribution >= 4 is 27.5 Å². The highest BCUT2D eigenvalue weighted by Gasteiger charge is 2.33. The number of rotatable bonds is 14. The summed E-state index contributed by atoms with van der Waals surface area (Å²) in [5.74, 6) is 0.621. The van der Waals surface area contributed by atoms with Gasteiger partial charge < -0.3 is 15.0 Å². The van der Waals surface area contributed by atoms with Crippen LogP contribution >= 0.6 is 0 Å². The maximum Gasteiger partial charge on any atom is 0.264 e. The van der Waals surface area contributed by atoms with Crippen LogP contribution < -0.4 is 14.4 Å². The summed E-state index contributed by atoms with van der Waals surface area (Å²) in [6, 6.07) is 30.7. The second kappa shape index (κ2) is 15.4. The van der Waals surface area contributed by atoms with Crippen molar-refractivity contribution in [3.8, 4) is 11.5 Å². The minimum Gasteiger partial charge on any atom is -0.457 e. The summed E-state index contributed by atoms with van der Waals surface area (Å²) in [5.41, 5.74) is 2.20. The van der Waals surface area contributed by atoms with E-state index < -0.39 is 28.5 Å². The molecule has 1 atom stereocenters. The number of hydrogen-bond acceptors (Lipinski definition) is 5. The number of nitrogens with zero attached hydrogens (tertiary/aromatic N) is 2. The minimum atomic E-state index is -4.16. The number of ether oxygens (including phenoxy) is 1. The minimum absolute atomic E-state index is 0.0502. The molecule has 9 heteroatoms. The highest BCUT2D eigenvalue weighted by molar-refractivity contribution is 7.92. The molecule has 0 radical (unpaired) electrons. The van der Waals surface area contributed by atoms with Crippen molar-refractivity contribution in [3.05, 3.63) is 120 Å². The molecule has 0 heterocycles. The van der Waals surface area contributed by atoms with Gasteiger partial charge in [0, 0.05) is 13.1 Å². The fourth-order valence-electron chi connectivity index (χ4n) is 4.79. The number of carbonyl (C=O) groups is 2. The summed E-state index contributed by atoms with van der Waals surface area (Å²) < 4.78 is 35.1. The van der Waals surface area contributed by atoms with E-state index in [4.69, 9.17) is 4.74 Å². The third-order valence-corrected chi connectivity index (χ3v) is 9.05. The second-order valence-corrected chi connectivity index (χ2v) is 13.2. The molecule has 1 N–H and O–H groups in total. The van der Waals surface area contributed by atoms with Crippen molar-refractivity contribution in [1.82, 2.24) is 10.2 Å². The van der Waals surface area contributed by atoms with E-state index >= 15 is 0 Å². The maximum atomic E-state index is 14.2. The topological polar surface area (TPSA) is 96.0 Å². The van der Waals surface area contributed by atoms with Crippen LogP contribution in [-0.4, -0.2) is 44.3 Å². The van der Waals surface area contributed by atoms with Gasteiger partial charge in [-0.3, -0.25) is 13.9 Å². The fourth-order valence-corrected chi connectivity index (χ4v) is 6.22. The number of sulfonamides is 1. The van der Waals surface area contributed by atoms with E-state index in [2.05, 4.69) is 5.32 Å².